The van der Waals surface area contributed by atoms with Crippen LogP contribution < -0.4 is 14.8 Å². The van der Waals surface area contributed by atoms with Crippen LogP contribution in [0, 0.1) is 6.92 Å². The molecule has 0 fully saturated rings. The molecule has 0 radical (unpaired) electrons. The molecule has 212 valence electrons. The van der Waals surface area contributed by atoms with Crippen LogP contribution in [0.3, 0.4) is 0 Å². The highest BCUT2D eigenvalue weighted by molar-refractivity contribution is 7.89. The zero-order valence-corrected chi connectivity index (χ0v) is 24.0. The predicted octanol–water partition coefficient (Wildman–Crippen LogP) is 4.80. The van der Waals surface area contributed by atoms with Gasteiger partial charge in [0.15, 0.2) is 6.61 Å². The Bertz CT molecular complexity index is 1440. The van der Waals surface area contributed by atoms with E-state index in [1.807, 2.05) is 18.2 Å². The summed E-state index contributed by atoms with van der Waals surface area (Å²) in [5, 5.41) is 2.71. The third-order valence-corrected chi connectivity index (χ3v) is 9.46. The summed E-state index contributed by atoms with van der Waals surface area (Å²) in [4.78, 5) is 14.3. The number of sulfonamides is 1. The van der Waals surface area contributed by atoms with Gasteiger partial charge in [0.2, 0.25) is 10.0 Å². The second-order valence-corrected chi connectivity index (χ2v) is 12.6. The molecule has 1 atom stereocenters. The van der Waals surface area contributed by atoms with Gasteiger partial charge < -0.3 is 19.7 Å². The fourth-order valence-electron chi connectivity index (χ4n) is 5.42. The van der Waals surface area contributed by atoms with E-state index in [1.54, 1.807) is 12.1 Å². The number of amides is 1. The topological polar surface area (TPSA) is 88.2 Å². The van der Waals surface area contributed by atoms with Crippen molar-refractivity contribution in [3.63, 3.8) is 0 Å². The number of aryl methyl sites for hydroxylation is 1. The molecular weight excluding hydrogens is 526 g/mol. The van der Waals surface area contributed by atoms with E-state index < -0.39 is 10.0 Å². The van der Waals surface area contributed by atoms with E-state index in [0.717, 1.165) is 42.8 Å². The number of nitrogens with one attached hydrogen (secondary N) is 1. The SMILES string of the molecule is Cc1ccc2c(c1)CN(C)CCC(c1ccccc1)CCCN(S(=O)(=O)c1ccc3c(c1)NC(=O)CO3)CCO2. The predicted molar refractivity (Wildman–Crippen MR) is 155 cm³/mol. The molecule has 1 amide bonds. The first-order chi connectivity index (χ1) is 19.3. The summed E-state index contributed by atoms with van der Waals surface area (Å²) in [6.45, 7) is 4.46. The van der Waals surface area contributed by atoms with Crippen LogP contribution in [0.5, 0.6) is 11.5 Å². The summed E-state index contributed by atoms with van der Waals surface area (Å²) in [5.41, 5.74) is 3.90. The average molecular weight is 564 g/mol. The van der Waals surface area contributed by atoms with Crippen LogP contribution in [0.1, 0.15) is 41.9 Å². The molecule has 0 spiro atoms. The van der Waals surface area contributed by atoms with E-state index in [0.29, 0.717) is 30.3 Å². The molecule has 1 unspecified atom stereocenters. The first-order valence-corrected chi connectivity index (χ1v) is 15.3. The lowest BCUT2D eigenvalue weighted by Crippen LogP contribution is -2.36. The molecule has 0 saturated carbocycles. The molecule has 9 heteroatoms. The number of nitrogens with zero attached hydrogens (tertiary/aromatic N) is 2. The molecule has 3 aromatic rings. The normalized spacial score (nSPS) is 19.8. The monoisotopic (exact) mass is 563 g/mol. The first kappa shape index (κ1) is 28.1. The summed E-state index contributed by atoms with van der Waals surface area (Å²) < 4.78 is 40.9. The Kier molecular flexibility index (Phi) is 8.73. The van der Waals surface area contributed by atoms with Crippen molar-refractivity contribution < 1.29 is 22.7 Å². The molecule has 0 saturated heterocycles. The minimum absolute atomic E-state index is 0.0814. The fraction of sp³-hybridized carbons (Fsp3) is 0.387. The molecule has 2 aliphatic heterocycles. The highest BCUT2D eigenvalue weighted by atomic mass is 32.2. The summed E-state index contributed by atoms with van der Waals surface area (Å²) in [6, 6.07) is 21.2. The number of fused-ring (bicyclic) bond motifs is 2. The Balaban J connectivity index is 1.43. The lowest BCUT2D eigenvalue weighted by Gasteiger charge is -2.27. The summed E-state index contributed by atoms with van der Waals surface area (Å²) in [7, 11) is -1.72. The highest BCUT2D eigenvalue weighted by Crippen LogP contribution is 2.32. The van der Waals surface area contributed by atoms with E-state index >= 15 is 0 Å². The summed E-state index contributed by atoms with van der Waals surface area (Å²) in [5.74, 6) is 1.26. The van der Waals surface area contributed by atoms with Crippen molar-refractivity contribution in [2.45, 2.75) is 43.5 Å². The van der Waals surface area contributed by atoms with E-state index in [4.69, 9.17) is 9.47 Å². The van der Waals surface area contributed by atoms with Gasteiger partial charge in [-0.15, -0.1) is 0 Å². The molecule has 0 aromatic heterocycles. The minimum Gasteiger partial charge on any atom is -0.492 e. The van der Waals surface area contributed by atoms with Gasteiger partial charge in [0.1, 0.15) is 18.1 Å². The van der Waals surface area contributed by atoms with Gasteiger partial charge in [-0.25, -0.2) is 8.42 Å². The molecule has 2 aliphatic rings. The zero-order chi connectivity index (χ0) is 28.1. The van der Waals surface area contributed by atoms with Crippen molar-refractivity contribution in [3.05, 3.63) is 83.4 Å². The zero-order valence-electron chi connectivity index (χ0n) is 23.1. The Morgan fingerprint density at radius 3 is 2.52 bits per heavy atom. The van der Waals surface area contributed by atoms with Gasteiger partial charge in [-0.3, -0.25) is 4.79 Å². The third kappa shape index (κ3) is 6.66. The van der Waals surface area contributed by atoms with Crippen molar-refractivity contribution in [1.82, 2.24) is 9.21 Å². The van der Waals surface area contributed by atoms with Crippen LogP contribution in [0.25, 0.3) is 0 Å². The fourth-order valence-corrected chi connectivity index (χ4v) is 6.91. The number of anilines is 1. The average Bonchev–Trinajstić information content (AvgIpc) is 2.94. The van der Waals surface area contributed by atoms with E-state index in [-0.39, 0.29) is 30.6 Å². The molecule has 5 rings (SSSR count). The molecule has 0 bridgehead atoms. The van der Waals surface area contributed by atoms with E-state index in [2.05, 4.69) is 54.5 Å². The van der Waals surface area contributed by atoms with Crippen LogP contribution in [0.4, 0.5) is 5.69 Å². The Hall–Kier alpha value is -3.40. The quantitative estimate of drug-likeness (QED) is 0.493. The Morgan fingerprint density at radius 1 is 0.900 bits per heavy atom. The number of carbonyl (C=O) groups excluding carboxylic acids is 1. The number of hydrogen-bond acceptors (Lipinski definition) is 6. The van der Waals surface area contributed by atoms with Gasteiger partial charge in [0, 0.05) is 25.2 Å². The smallest absolute Gasteiger partial charge is 0.262 e. The first-order valence-electron chi connectivity index (χ1n) is 13.8. The summed E-state index contributed by atoms with van der Waals surface area (Å²) >= 11 is 0. The molecule has 2 heterocycles. The molecule has 3 aromatic carbocycles. The molecule has 40 heavy (non-hydrogen) atoms. The van der Waals surface area contributed by atoms with Crippen LogP contribution >= 0.6 is 0 Å². The number of rotatable bonds is 3. The number of benzene rings is 3. The van der Waals surface area contributed by atoms with Crippen LogP contribution in [-0.2, 0) is 21.4 Å². The van der Waals surface area contributed by atoms with Crippen molar-refractivity contribution in [2.75, 3.05) is 45.2 Å². The largest absolute Gasteiger partial charge is 0.492 e. The van der Waals surface area contributed by atoms with Gasteiger partial charge in [0.25, 0.3) is 5.91 Å². The molecule has 8 nitrogen and oxygen atoms in total. The van der Waals surface area contributed by atoms with Gasteiger partial charge in [-0.05, 0) is 75.5 Å². The Labute approximate surface area is 236 Å². The van der Waals surface area contributed by atoms with Crippen molar-refractivity contribution in [3.8, 4) is 11.5 Å². The van der Waals surface area contributed by atoms with E-state index in [1.165, 1.54) is 15.9 Å². The lowest BCUT2D eigenvalue weighted by molar-refractivity contribution is -0.118. The number of carbonyl (C=O) groups is 1. The Morgan fingerprint density at radius 2 is 1.70 bits per heavy atom. The third-order valence-electron chi connectivity index (χ3n) is 7.57. The van der Waals surface area contributed by atoms with Gasteiger partial charge in [0.05, 0.1) is 10.6 Å². The van der Waals surface area contributed by atoms with Crippen molar-refractivity contribution >= 4 is 21.6 Å². The number of hydrogen-bond donors (Lipinski definition) is 1. The van der Waals surface area contributed by atoms with Crippen molar-refractivity contribution in [1.29, 1.82) is 0 Å². The van der Waals surface area contributed by atoms with Crippen LogP contribution in [0.15, 0.2) is 71.6 Å². The second kappa shape index (κ2) is 12.4. The molecular formula is C31H37N3O5S. The number of ether oxygens (including phenoxy) is 2. The lowest BCUT2D eigenvalue weighted by atomic mass is 9.91. The van der Waals surface area contributed by atoms with Crippen LogP contribution in [-0.4, -0.2) is 63.4 Å². The molecule has 1 N–H and O–H groups in total. The molecule has 0 aliphatic carbocycles. The van der Waals surface area contributed by atoms with Crippen molar-refractivity contribution in [2.24, 2.45) is 0 Å². The maximum absolute atomic E-state index is 13.9. The van der Waals surface area contributed by atoms with E-state index in [9.17, 15) is 13.2 Å². The van der Waals surface area contributed by atoms with Gasteiger partial charge >= 0.3 is 0 Å². The maximum Gasteiger partial charge on any atom is 0.262 e. The summed E-state index contributed by atoms with van der Waals surface area (Å²) in [6.07, 6.45) is 2.55. The highest BCUT2D eigenvalue weighted by Gasteiger charge is 2.28. The standard InChI is InChI=1S/C31H37N3O5S/c1-23-10-12-29-26(19-23)21-33(2)16-14-25(24-7-4-3-5-8-24)9-6-15-34(17-18-38-29)40(36,37)27-11-13-30-28(20-27)32-31(35)22-39-30/h3-5,7-8,10-13,19-20,25H,6,9,14-18,21-22H2,1-2H3,(H,32,35). The second-order valence-electron chi connectivity index (χ2n) is 10.6. The van der Waals surface area contributed by atoms with Crippen LogP contribution in [0.2, 0.25) is 0 Å². The van der Waals surface area contributed by atoms with Gasteiger partial charge in [-0.1, -0.05) is 48.0 Å². The minimum atomic E-state index is -3.85. The van der Waals surface area contributed by atoms with Gasteiger partial charge in [-0.2, -0.15) is 4.31 Å². The maximum atomic E-state index is 13.9.